The SMILES string of the molecule is CCOOCCCC(O)C(O)CC. The quantitative estimate of drug-likeness (QED) is 0.340. The molecule has 0 bridgehead atoms. The summed E-state index contributed by atoms with van der Waals surface area (Å²) in [5.74, 6) is 0. The van der Waals surface area contributed by atoms with Gasteiger partial charge in [0.15, 0.2) is 0 Å². The predicted octanol–water partition coefficient (Wildman–Crippen LogP) is 0.867. The molecule has 2 N–H and O–H groups in total. The van der Waals surface area contributed by atoms with E-state index in [1.807, 2.05) is 13.8 Å². The van der Waals surface area contributed by atoms with E-state index in [1.165, 1.54) is 0 Å². The van der Waals surface area contributed by atoms with Crippen molar-refractivity contribution in [2.45, 2.75) is 45.3 Å². The molecule has 13 heavy (non-hydrogen) atoms. The van der Waals surface area contributed by atoms with Gasteiger partial charge in [0.05, 0.1) is 25.4 Å². The van der Waals surface area contributed by atoms with E-state index in [0.29, 0.717) is 32.5 Å². The molecule has 0 aromatic heterocycles. The Morgan fingerprint density at radius 3 is 2.31 bits per heavy atom. The van der Waals surface area contributed by atoms with Gasteiger partial charge >= 0.3 is 0 Å². The van der Waals surface area contributed by atoms with Crippen LogP contribution in [0.2, 0.25) is 0 Å². The zero-order valence-electron chi connectivity index (χ0n) is 8.40. The highest BCUT2D eigenvalue weighted by molar-refractivity contribution is 4.64. The highest BCUT2D eigenvalue weighted by Crippen LogP contribution is 2.05. The van der Waals surface area contributed by atoms with E-state index in [2.05, 4.69) is 4.89 Å². The molecule has 2 atom stereocenters. The monoisotopic (exact) mass is 192 g/mol. The van der Waals surface area contributed by atoms with Crippen LogP contribution in [0.4, 0.5) is 0 Å². The summed E-state index contributed by atoms with van der Waals surface area (Å²) in [7, 11) is 0. The minimum atomic E-state index is -0.643. The molecule has 4 heteroatoms. The van der Waals surface area contributed by atoms with E-state index in [4.69, 9.17) is 4.89 Å². The second-order valence-electron chi connectivity index (χ2n) is 2.91. The van der Waals surface area contributed by atoms with Crippen LogP contribution in [0.5, 0.6) is 0 Å². The molecular weight excluding hydrogens is 172 g/mol. The molecule has 0 radical (unpaired) electrons. The van der Waals surface area contributed by atoms with Crippen molar-refractivity contribution >= 4 is 0 Å². The fraction of sp³-hybridized carbons (Fsp3) is 1.00. The van der Waals surface area contributed by atoms with Crippen molar-refractivity contribution in [2.24, 2.45) is 0 Å². The molecule has 0 amide bonds. The summed E-state index contributed by atoms with van der Waals surface area (Å²) in [6, 6.07) is 0. The van der Waals surface area contributed by atoms with Crippen LogP contribution < -0.4 is 0 Å². The average Bonchev–Trinajstić information content (AvgIpc) is 2.16. The Bertz CT molecular complexity index is 108. The second-order valence-corrected chi connectivity index (χ2v) is 2.91. The molecule has 2 unspecified atom stereocenters. The normalized spacial score (nSPS) is 15.7. The van der Waals surface area contributed by atoms with E-state index in [0.717, 1.165) is 0 Å². The molecule has 80 valence electrons. The summed E-state index contributed by atoms with van der Waals surface area (Å²) in [5.41, 5.74) is 0. The van der Waals surface area contributed by atoms with Crippen LogP contribution in [0.15, 0.2) is 0 Å². The average molecular weight is 192 g/mol. The van der Waals surface area contributed by atoms with Gasteiger partial charge in [0.2, 0.25) is 0 Å². The van der Waals surface area contributed by atoms with Crippen molar-refractivity contribution in [1.29, 1.82) is 0 Å². The van der Waals surface area contributed by atoms with E-state index in [9.17, 15) is 10.2 Å². The van der Waals surface area contributed by atoms with Gasteiger partial charge in [-0.1, -0.05) is 6.92 Å². The van der Waals surface area contributed by atoms with Gasteiger partial charge in [-0.05, 0) is 26.2 Å². The van der Waals surface area contributed by atoms with Gasteiger partial charge in [-0.15, -0.1) is 0 Å². The van der Waals surface area contributed by atoms with E-state index >= 15 is 0 Å². The van der Waals surface area contributed by atoms with E-state index < -0.39 is 12.2 Å². The minimum Gasteiger partial charge on any atom is -0.390 e. The van der Waals surface area contributed by atoms with Gasteiger partial charge in [0, 0.05) is 0 Å². The Morgan fingerprint density at radius 1 is 1.08 bits per heavy atom. The second kappa shape index (κ2) is 8.44. The van der Waals surface area contributed by atoms with Crippen LogP contribution in [0.1, 0.15) is 33.1 Å². The lowest BCUT2D eigenvalue weighted by Gasteiger charge is -2.15. The molecule has 0 saturated carbocycles. The van der Waals surface area contributed by atoms with Gasteiger partial charge in [0.25, 0.3) is 0 Å². The molecule has 0 aromatic rings. The minimum absolute atomic E-state index is 0.460. The molecule has 0 aliphatic carbocycles. The summed E-state index contributed by atoms with van der Waals surface area (Å²) in [6.07, 6.45) is 0.552. The molecule has 0 fully saturated rings. The van der Waals surface area contributed by atoms with Crippen molar-refractivity contribution < 1.29 is 20.0 Å². The number of hydrogen-bond donors (Lipinski definition) is 2. The van der Waals surface area contributed by atoms with Gasteiger partial charge in [0.1, 0.15) is 0 Å². The maximum atomic E-state index is 9.33. The van der Waals surface area contributed by atoms with Crippen LogP contribution in [0.25, 0.3) is 0 Å². The fourth-order valence-corrected chi connectivity index (χ4v) is 0.958. The Morgan fingerprint density at radius 2 is 1.77 bits per heavy atom. The lowest BCUT2D eigenvalue weighted by molar-refractivity contribution is -0.292. The highest BCUT2D eigenvalue weighted by atomic mass is 17.2. The van der Waals surface area contributed by atoms with Crippen LogP contribution in [0, 0.1) is 0 Å². The maximum absolute atomic E-state index is 9.33. The molecule has 0 spiro atoms. The summed E-state index contributed by atoms with van der Waals surface area (Å²) >= 11 is 0. The maximum Gasteiger partial charge on any atom is 0.0823 e. The standard InChI is InChI=1S/C9H20O4/c1-3-8(10)9(11)6-5-7-13-12-4-2/h8-11H,3-7H2,1-2H3. The molecule has 0 aromatic carbocycles. The summed E-state index contributed by atoms with van der Waals surface area (Å²) in [5, 5.41) is 18.5. The van der Waals surface area contributed by atoms with Crippen molar-refractivity contribution in [1.82, 2.24) is 0 Å². The van der Waals surface area contributed by atoms with Crippen LogP contribution in [0.3, 0.4) is 0 Å². The lowest BCUT2D eigenvalue weighted by atomic mass is 10.1. The van der Waals surface area contributed by atoms with Gasteiger partial charge < -0.3 is 10.2 Å². The van der Waals surface area contributed by atoms with Crippen molar-refractivity contribution in [3.05, 3.63) is 0 Å². The third-order valence-corrected chi connectivity index (χ3v) is 1.79. The lowest BCUT2D eigenvalue weighted by Crippen LogP contribution is -2.25. The third-order valence-electron chi connectivity index (χ3n) is 1.79. The Hall–Kier alpha value is -0.160. The first kappa shape index (κ1) is 12.8. The molecule has 0 heterocycles. The van der Waals surface area contributed by atoms with Crippen molar-refractivity contribution in [2.75, 3.05) is 13.2 Å². The van der Waals surface area contributed by atoms with Crippen molar-refractivity contribution in [3.63, 3.8) is 0 Å². The van der Waals surface area contributed by atoms with Gasteiger partial charge in [-0.25, -0.2) is 9.78 Å². The molecule has 0 aliphatic heterocycles. The Labute approximate surface area is 79.4 Å². The van der Waals surface area contributed by atoms with Gasteiger partial charge in [-0.2, -0.15) is 0 Å². The summed E-state index contributed by atoms with van der Waals surface area (Å²) in [4.78, 5) is 9.41. The first-order chi connectivity index (χ1) is 6.22. The largest absolute Gasteiger partial charge is 0.390 e. The highest BCUT2D eigenvalue weighted by Gasteiger charge is 2.12. The Kier molecular flexibility index (Phi) is 8.33. The van der Waals surface area contributed by atoms with E-state index in [1.54, 1.807) is 0 Å². The van der Waals surface area contributed by atoms with E-state index in [-0.39, 0.29) is 0 Å². The first-order valence-corrected chi connectivity index (χ1v) is 4.82. The third kappa shape index (κ3) is 6.95. The molecule has 0 rings (SSSR count). The molecule has 4 nitrogen and oxygen atoms in total. The first-order valence-electron chi connectivity index (χ1n) is 4.82. The van der Waals surface area contributed by atoms with Crippen LogP contribution >= 0.6 is 0 Å². The number of aliphatic hydroxyl groups is 2. The molecular formula is C9H20O4. The molecule has 0 aliphatic rings. The zero-order valence-corrected chi connectivity index (χ0v) is 8.40. The number of aliphatic hydroxyl groups excluding tert-OH is 2. The number of rotatable bonds is 8. The van der Waals surface area contributed by atoms with Crippen LogP contribution in [-0.2, 0) is 9.78 Å². The predicted molar refractivity (Wildman–Crippen MR) is 49.1 cm³/mol. The van der Waals surface area contributed by atoms with Gasteiger partial charge in [-0.3, -0.25) is 0 Å². The summed E-state index contributed by atoms with van der Waals surface area (Å²) < 4.78 is 0. The summed E-state index contributed by atoms with van der Waals surface area (Å²) in [6.45, 7) is 4.67. The Balaban J connectivity index is 3.21. The molecule has 0 saturated heterocycles. The fourth-order valence-electron chi connectivity index (χ4n) is 0.958. The van der Waals surface area contributed by atoms with Crippen LogP contribution in [-0.4, -0.2) is 35.6 Å². The van der Waals surface area contributed by atoms with Crippen molar-refractivity contribution in [3.8, 4) is 0 Å². The number of hydrogen-bond acceptors (Lipinski definition) is 4. The topological polar surface area (TPSA) is 58.9 Å². The smallest absolute Gasteiger partial charge is 0.0823 e. The zero-order chi connectivity index (χ0) is 10.1.